The van der Waals surface area contributed by atoms with E-state index in [-0.39, 0.29) is 24.4 Å². The Morgan fingerprint density at radius 1 is 1.00 bits per heavy atom. The van der Waals surface area contributed by atoms with E-state index in [1.165, 1.54) is 23.8 Å². The largest absolute Gasteiger partial charge is 0.438 e. The van der Waals surface area contributed by atoms with Gasteiger partial charge in [0.05, 0.1) is 19.4 Å². The first-order chi connectivity index (χ1) is 21.5. The van der Waals surface area contributed by atoms with Gasteiger partial charge in [0.15, 0.2) is 5.60 Å². The van der Waals surface area contributed by atoms with Crippen LogP contribution in [0.25, 0.3) is 10.9 Å². The molecule has 2 aromatic carbocycles. The summed E-state index contributed by atoms with van der Waals surface area (Å²) in [6.07, 6.45) is 0.991. The van der Waals surface area contributed by atoms with Crippen molar-refractivity contribution in [2.24, 2.45) is 5.92 Å². The summed E-state index contributed by atoms with van der Waals surface area (Å²) in [6, 6.07) is 13.3. The summed E-state index contributed by atoms with van der Waals surface area (Å²) in [5, 5.41) is 12.8. The van der Waals surface area contributed by atoms with Crippen molar-refractivity contribution in [1.82, 2.24) is 20.0 Å². The van der Waals surface area contributed by atoms with Gasteiger partial charge in [0.1, 0.15) is 5.82 Å². The molecule has 2 amide bonds. The van der Waals surface area contributed by atoms with E-state index in [2.05, 4.69) is 22.0 Å². The predicted octanol–water partition coefficient (Wildman–Crippen LogP) is 3.55. The van der Waals surface area contributed by atoms with E-state index >= 15 is 0 Å². The topological polar surface area (TPSA) is 142 Å². The van der Waals surface area contributed by atoms with Gasteiger partial charge >= 0.3 is 23.9 Å². The molecule has 2 N–H and O–H groups in total. The van der Waals surface area contributed by atoms with Crippen LogP contribution in [0.1, 0.15) is 49.7 Å². The summed E-state index contributed by atoms with van der Waals surface area (Å²) < 4.78 is 19.6. The van der Waals surface area contributed by atoms with Gasteiger partial charge < -0.3 is 24.5 Å². The minimum absolute atomic E-state index is 0.0195. The molecule has 1 aromatic heterocycles. The van der Waals surface area contributed by atoms with Gasteiger partial charge in [0.25, 0.3) is 0 Å². The number of cyclic esters (lactones) is 1. The highest BCUT2D eigenvalue weighted by Gasteiger charge is 2.52. The van der Waals surface area contributed by atoms with E-state index in [0.29, 0.717) is 34.4 Å². The first kappa shape index (κ1) is 30.5. The van der Waals surface area contributed by atoms with Crippen molar-refractivity contribution in [1.29, 1.82) is 0 Å². The average Bonchev–Trinajstić information content (AvgIpc) is 3.40. The number of urea groups is 1. The van der Waals surface area contributed by atoms with Gasteiger partial charge in [0, 0.05) is 29.1 Å². The second-order valence-corrected chi connectivity index (χ2v) is 12.3. The first-order valence-corrected chi connectivity index (χ1v) is 14.9. The van der Waals surface area contributed by atoms with Gasteiger partial charge in [-0.2, -0.15) is 5.06 Å². The van der Waals surface area contributed by atoms with Crippen LogP contribution in [0.3, 0.4) is 0 Å². The van der Waals surface area contributed by atoms with E-state index in [9.17, 15) is 28.7 Å². The fourth-order valence-corrected chi connectivity index (χ4v) is 6.69. The normalized spacial score (nSPS) is 27.8. The molecule has 2 atom stereocenters. The SMILES string of the molecule is CN(C)C1(c2ccccc2)CCC(CN2OC(=O)CC3(O)CC(=O)OC(Cc4c[nH]c5ccc(F)cc45)N(OC3=O)C2=O)CC1. The number of carbonyl (C=O) groups excluding carboxylic acids is 4. The zero-order chi connectivity index (χ0) is 31.9. The van der Waals surface area contributed by atoms with Crippen LogP contribution in [0.2, 0.25) is 0 Å². The number of nitrogens with one attached hydrogen (secondary N) is 1. The van der Waals surface area contributed by atoms with Crippen LogP contribution in [0.5, 0.6) is 0 Å². The molecule has 6 rings (SSSR count). The Bertz CT molecular complexity index is 1620. The molecule has 2 aliphatic heterocycles. The van der Waals surface area contributed by atoms with Gasteiger partial charge in [-0.15, -0.1) is 5.06 Å². The van der Waals surface area contributed by atoms with Crippen LogP contribution in [0.15, 0.2) is 54.7 Å². The van der Waals surface area contributed by atoms with Crippen molar-refractivity contribution in [3.05, 3.63) is 71.7 Å². The molecule has 45 heavy (non-hydrogen) atoms. The highest BCUT2D eigenvalue weighted by molar-refractivity contribution is 5.92. The Morgan fingerprint density at radius 2 is 1.71 bits per heavy atom. The molecule has 0 radical (unpaired) electrons. The third-order valence-corrected chi connectivity index (χ3v) is 9.23. The Hall–Kier alpha value is -4.49. The lowest BCUT2D eigenvalue weighted by Crippen LogP contribution is -2.56. The molecule has 2 bridgehead atoms. The Kier molecular flexibility index (Phi) is 8.00. The summed E-state index contributed by atoms with van der Waals surface area (Å²) in [5.74, 6) is -4.05. The van der Waals surface area contributed by atoms with Gasteiger partial charge in [0.2, 0.25) is 6.23 Å². The van der Waals surface area contributed by atoms with Crippen LogP contribution in [0, 0.1) is 11.7 Å². The summed E-state index contributed by atoms with van der Waals surface area (Å²) in [4.78, 5) is 69.0. The van der Waals surface area contributed by atoms with Crippen molar-refractivity contribution in [3.8, 4) is 0 Å². The number of fused-ring (bicyclic) bond motifs is 4. The summed E-state index contributed by atoms with van der Waals surface area (Å²) in [5.41, 5.74) is -0.553. The van der Waals surface area contributed by atoms with E-state index < -0.39 is 54.4 Å². The first-order valence-electron chi connectivity index (χ1n) is 14.9. The highest BCUT2D eigenvalue weighted by atomic mass is 19.1. The van der Waals surface area contributed by atoms with Crippen molar-refractivity contribution in [2.45, 2.75) is 62.3 Å². The maximum absolute atomic E-state index is 14.1. The predicted molar refractivity (Wildman–Crippen MR) is 156 cm³/mol. The number of hydrogen-bond donors (Lipinski definition) is 2. The molecule has 2 unspecified atom stereocenters. The van der Waals surface area contributed by atoms with Crippen LogP contribution >= 0.6 is 0 Å². The quantitative estimate of drug-likeness (QED) is 0.395. The highest BCUT2D eigenvalue weighted by Crippen LogP contribution is 2.43. The van der Waals surface area contributed by atoms with E-state index in [1.54, 1.807) is 6.20 Å². The number of rotatable bonds is 6. The number of aliphatic hydroxyl groups is 1. The number of ether oxygens (including phenoxy) is 1. The lowest BCUT2D eigenvalue weighted by molar-refractivity contribution is -0.248. The molecule has 13 heteroatoms. The third kappa shape index (κ3) is 5.85. The van der Waals surface area contributed by atoms with Gasteiger partial charge in [-0.25, -0.2) is 18.8 Å². The average molecular weight is 623 g/mol. The monoisotopic (exact) mass is 622 g/mol. The van der Waals surface area contributed by atoms with Crippen LogP contribution in [-0.4, -0.2) is 81.5 Å². The number of hydroxylamine groups is 4. The number of aromatic amines is 1. The maximum Gasteiger partial charge on any atom is 0.390 e. The van der Waals surface area contributed by atoms with Crippen molar-refractivity contribution in [3.63, 3.8) is 0 Å². The standard InChI is InChI=1S/C32H35FN4O8/c1-35(2)31(22-6-4-3-5-7-22)12-10-20(11-13-31)19-36-30(41)37-26(14-21-18-34-25-9-8-23(33)15-24(21)25)43-27(38)16-32(42,29(40)45-37)17-28(39)44-36/h3-9,15,18,20,26,34,42H,10-14,16-17,19H2,1-2H3. The minimum atomic E-state index is -2.61. The molecule has 12 nitrogen and oxygen atoms in total. The molecule has 1 saturated carbocycles. The molecule has 1 aliphatic carbocycles. The van der Waals surface area contributed by atoms with Crippen LogP contribution in [0.4, 0.5) is 9.18 Å². The van der Waals surface area contributed by atoms with Crippen molar-refractivity contribution >= 4 is 34.8 Å². The number of benzene rings is 2. The molecule has 238 valence electrons. The Morgan fingerprint density at radius 3 is 2.42 bits per heavy atom. The van der Waals surface area contributed by atoms with Crippen molar-refractivity contribution < 1.29 is 43.1 Å². The summed E-state index contributed by atoms with van der Waals surface area (Å²) in [7, 11) is 4.08. The number of H-pyrrole nitrogens is 1. The summed E-state index contributed by atoms with van der Waals surface area (Å²) >= 11 is 0. The number of aromatic nitrogens is 1. The third-order valence-electron chi connectivity index (χ3n) is 9.23. The molecule has 3 heterocycles. The fourth-order valence-electron chi connectivity index (χ4n) is 6.69. The molecule has 3 fully saturated rings. The van der Waals surface area contributed by atoms with Crippen LogP contribution < -0.4 is 0 Å². The summed E-state index contributed by atoms with van der Waals surface area (Å²) in [6.45, 7) is -0.0195. The molecule has 3 aromatic rings. The molecule has 2 saturated heterocycles. The Balaban J connectivity index is 1.28. The number of amides is 2. The van der Waals surface area contributed by atoms with E-state index in [4.69, 9.17) is 14.4 Å². The van der Waals surface area contributed by atoms with Crippen LogP contribution in [-0.2, 0) is 40.8 Å². The zero-order valence-electron chi connectivity index (χ0n) is 25.0. The fraction of sp³-hybridized carbons (Fsp3) is 0.438. The molecule has 3 aliphatic rings. The molecule has 0 spiro atoms. The van der Waals surface area contributed by atoms with Gasteiger partial charge in [-0.3, -0.25) is 9.69 Å². The van der Waals surface area contributed by atoms with Gasteiger partial charge in [-0.05, 0) is 75.0 Å². The number of halogens is 1. The second kappa shape index (κ2) is 11.8. The van der Waals surface area contributed by atoms with E-state index in [0.717, 1.165) is 17.9 Å². The van der Waals surface area contributed by atoms with Gasteiger partial charge in [-0.1, -0.05) is 30.3 Å². The maximum atomic E-state index is 14.1. The Labute approximate surface area is 258 Å². The zero-order valence-corrected chi connectivity index (χ0v) is 25.0. The lowest BCUT2D eigenvalue weighted by Gasteiger charge is -2.46. The lowest BCUT2D eigenvalue weighted by atomic mass is 9.72. The number of carbonyl (C=O) groups is 4. The molecular formula is C32H35FN4O8. The number of nitrogens with zero attached hydrogens (tertiary/aromatic N) is 3. The number of hydrogen-bond acceptors (Lipinski definition) is 9. The van der Waals surface area contributed by atoms with E-state index in [1.807, 2.05) is 32.3 Å². The smallest absolute Gasteiger partial charge is 0.390 e. The molecular weight excluding hydrogens is 587 g/mol. The second-order valence-electron chi connectivity index (χ2n) is 12.3. The van der Waals surface area contributed by atoms with Crippen molar-refractivity contribution in [2.75, 3.05) is 20.6 Å². The minimum Gasteiger partial charge on any atom is -0.438 e. The number of esters is 1.